The number of thiazole rings is 1. The second-order valence-electron chi connectivity index (χ2n) is 2.63. The third kappa shape index (κ3) is 1.76. The number of halogens is 4. The Kier molecular flexibility index (Phi) is 2.27. The molecule has 0 bridgehead atoms. The van der Waals surface area contributed by atoms with Crippen LogP contribution in [0.5, 0.6) is 0 Å². The first-order chi connectivity index (χ1) is 6.47. The summed E-state index contributed by atoms with van der Waals surface area (Å²) in [5.41, 5.74) is 0.380. The average Bonchev–Trinajstić information content (AvgIpc) is 2.45. The molecule has 1 nitrogen and oxygen atoms in total. The Bertz CT molecular complexity index is 477. The van der Waals surface area contributed by atoms with Crippen LogP contribution in [0.25, 0.3) is 10.2 Å². The van der Waals surface area contributed by atoms with E-state index in [1.54, 1.807) is 18.2 Å². The van der Waals surface area contributed by atoms with Crippen LogP contribution >= 0.6 is 27.3 Å². The van der Waals surface area contributed by atoms with E-state index in [0.29, 0.717) is 21.6 Å². The maximum Gasteiger partial charge on any atom is 0.443 e. The van der Waals surface area contributed by atoms with Crippen LogP contribution in [0.2, 0.25) is 0 Å². The van der Waals surface area contributed by atoms with Gasteiger partial charge in [0.2, 0.25) is 0 Å². The minimum absolute atomic E-state index is 0.380. The van der Waals surface area contributed by atoms with Gasteiger partial charge in [-0.05, 0) is 18.2 Å². The largest absolute Gasteiger partial charge is 0.443 e. The molecule has 0 unspecified atom stereocenters. The third-order valence-corrected chi connectivity index (χ3v) is 3.15. The SMILES string of the molecule is FC(F)(F)c1nc2ccc(Br)cc2s1. The molecule has 0 radical (unpaired) electrons. The lowest BCUT2D eigenvalue weighted by molar-refractivity contribution is -0.137. The maximum atomic E-state index is 12.3. The van der Waals surface area contributed by atoms with Crippen LogP contribution in [0, 0.1) is 0 Å². The summed E-state index contributed by atoms with van der Waals surface area (Å²) in [5, 5.41) is -0.800. The Morgan fingerprint density at radius 2 is 2.00 bits per heavy atom. The highest BCUT2D eigenvalue weighted by Gasteiger charge is 2.34. The smallest absolute Gasteiger partial charge is 0.232 e. The van der Waals surface area contributed by atoms with Crippen LogP contribution < -0.4 is 0 Å². The Balaban J connectivity index is 2.63. The Morgan fingerprint density at radius 3 is 2.64 bits per heavy atom. The molecule has 1 aromatic carbocycles. The van der Waals surface area contributed by atoms with Gasteiger partial charge in [-0.15, -0.1) is 11.3 Å². The van der Waals surface area contributed by atoms with Crippen molar-refractivity contribution in [3.63, 3.8) is 0 Å². The van der Waals surface area contributed by atoms with Gasteiger partial charge in [-0.2, -0.15) is 13.2 Å². The molecule has 6 heteroatoms. The monoisotopic (exact) mass is 281 g/mol. The molecule has 0 saturated carbocycles. The van der Waals surface area contributed by atoms with E-state index < -0.39 is 11.2 Å². The van der Waals surface area contributed by atoms with E-state index in [-0.39, 0.29) is 0 Å². The highest BCUT2D eigenvalue weighted by atomic mass is 79.9. The zero-order chi connectivity index (χ0) is 10.3. The van der Waals surface area contributed by atoms with Crippen molar-refractivity contribution in [2.75, 3.05) is 0 Å². The molecule has 1 heterocycles. The average molecular weight is 282 g/mol. The number of fused-ring (bicyclic) bond motifs is 1. The second-order valence-corrected chi connectivity index (χ2v) is 4.58. The number of hydrogen-bond acceptors (Lipinski definition) is 2. The van der Waals surface area contributed by atoms with Gasteiger partial charge in [0, 0.05) is 4.47 Å². The van der Waals surface area contributed by atoms with Crippen LogP contribution in [-0.2, 0) is 6.18 Å². The van der Waals surface area contributed by atoms with Gasteiger partial charge in [0.05, 0.1) is 10.2 Å². The topological polar surface area (TPSA) is 12.9 Å². The molecule has 0 amide bonds. The molecule has 0 aliphatic heterocycles. The van der Waals surface area contributed by atoms with E-state index in [9.17, 15) is 13.2 Å². The van der Waals surface area contributed by atoms with Crippen LogP contribution in [-0.4, -0.2) is 4.98 Å². The summed E-state index contributed by atoms with van der Waals surface area (Å²) < 4.78 is 38.1. The molecule has 2 rings (SSSR count). The lowest BCUT2D eigenvalue weighted by atomic mass is 10.3. The standard InChI is InChI=1S/C8H3BrF3NS/c9-4-1-2-5-6(3-4)14-7(13-5)8(10,11)12/h1-3H. The van der Waals surface area contributed by atoms with E-state index in [4.69, 9.17) is 0 Å². The fourth-order valence-electron chi connectivity index (χ4n) is 1.02. The first-order valence-electron chi connectivity index (χ1n) is 3.60. The van der Waals surface area contributed by atoms with E-state index >= 15 is 0 Å². The van der Waals surface area contributed by atoms with Crippen molar-refractivity contribution in [2.45, 2.75) is 6.18 Å². The summed E-state index contributed by atoms with van der Waals surface area (Å²) in [7, 11) is 0. The molecule has 74 valence electrons. The van der Waals surface area contributed by atoms with Crippen molar-refractivity contribution in [1.82, 2.24) is 4.98 Å². The summed E-state index contributed by atoms with van der Waals surface area (Å²) in [4.78, 5) is 3.50. The summed E-state index contributed by atoms with van der Waals surface area (Å²) in [5.74, 6) is 0. The summed E-state index contributed by atoms with van der Waals surface area (Å²) in [6, 6.07) is 4.86. The molecule has 1 aromatic heterocycles. The Labute approximate surface area is 89.7 Å². The summed E-state index contributed by atoms with van der Waals surface area (Å²) in [6.07, 6.45) is -4.35. The van der Waals surface area contributed by atoms with E-state index in [0.717, 1.165) is 4.47 Å². The van der Waals surface area contributed by atoms with E-state index in [1.165, 1.54) is 0 Å². The number of alkyl halides is 3. The quantitative estimate of drug-likeness (QED) is 0.709. The highest BCUT2D eigenvalue weighted by Crippen LogP contribution is 2.36. The number of hydrogen-bond donors (Lipinski definition) is 0. The van der Waals surface area contributed by atoms with Crippen LogP contribution in [0.1, 0.15) is 5.01 Å². The predicted octanol–water partition coefficient (Wildman–Crippen LogP) is 4.08. The molecule has 0 aliphatic carbocycles. The van der Waals surface area contributed by atoms with E-state index in [1.807, 2.05) is 0 Å². The van der Waals surface area contributed by atoms with Crippen molar-refractivity contribution in [1.29, 1.82) is 0 Å². The molecular formula is C8H3BrF3NS. The number of aromatic nitrogens is 1. The molecule has 14 heavy (non-hydrogen) atoms. The van der Waals surface area contributed by atoms with Gasteiger partial charge in [0.1, 0.15) is 0 Å². The van der Waals surface area contributed by atoms with Gasteiger partial charge >= 0.3 is 6.18 Å². The van der Waals surface area contributed by atoms with Crippen molar-refractivity contribution < 1.29 is 13.2 Å². The lowest BCUT2D eigenvalue weighted by Crippen LogP contribution is -2.03. The third-order valence-electron chi connectivity index (χ3n) is 1.59. The molecule has 0 N–H and O–H groups in total. The van der Waals surface area contributed by atoms with Crippen molar-refractivity contribution in [3.8, 4) is 0 Å². The maximum absolute atomic E-state index is 12.3. The lowest BCUT2D eigenvalue weighted by Gasteiger charge is -1.98. The zero-order valence-corrected chi connectivity index (χ0v) is 9.00. The van der Waals surface area contributed by atoms with Gasteiger partial charge in [-0.1, -0.05) is 15.9 Å². The van der Waals surface area contributed by atoms with Gasteiger partial charge in [-0.25, -0.2) is 4.98 Å². The van der Waals surface area contributed by atoms with Crippen molar-refractivity contribution >= 4 is 37.5 Å². The van der Waals surface area contributed by atoms with Crippen molar-refractivity contribution in [3.05, 3.63) is 27.7 Å². The number of nitrogens with zero attached hydrogens (tertiary/aromatic N) is 1. The molecule has 0 atom stereocenters. The molecule has 0 saturated heterocycles. The van der Waals surface area contributed by atoms with Crippen LogP contribution in [0.4, 0.5) is 13.2 Å². The summed E-state index contributed by atoms with van der Waals surface area (Å²) in [6.45, 7) is 0. The fourth-order valence-corrected chi connectivity index (χ4v) is 2.40. The summed E-state index contributed by atoms with van der Waals surface area (Å²) >= 11 is 3.84. The van der Waals surface area contributed by atoms with Crippen LogP contribution in [0.15, 0.2) is 22.7 Å². The molecule has 0 fully saturated rings. The predicted molar refractivity (Wildman–Crippen MR) is 52.3 cm³/mol. The minimum Gasteiger partial charge on any atom is -0.232 e. The molecule has 2 aromatic rings. The first-order valence-corrected chi connectivity index (χ1v) is 5.21. The molecule has 0 aliphatic rings. The van der Waals surface area contributed by atoms with Gasteiger partial charge in [-0.3, -0.25) is 0 Å². The van der Waals surface area contributed by atoms with Crippen molar-refractivity contribution in [2.24, 2.45) is 0 Å². The first kappa shape index (κ1) is 9.92. The molecular weight excluding hydrogens is 279 g/mol. The Morgan fingerprint density at radius 1 is 1.29 bits per heavy atom. The van der Waals surface area contributed by atoms with Gasteiger partial charge in [0.15, 0.2) is 5.01 Å². The number of benzene rings is 1. The fraction of sp³-hybridized carbons (Fsp3) is 0.125. The minimum atomic E-state index is -4.35. The van der Waals surface area contributed by atoms with E-state index in [2.05, 4.69) is 20.9 Å². The zero-order valence-electron chi connectivity index (χ0n) is 6.60. The second kappa shape index (κ2) is 3.20. The Hall–Kier alpha value is -0.620. The van der Waals surface area contributed by atoms with Gasteiger partial charge < -0.3 is 0 Å². The van der Waals surface area contributed by atoms with Gasteiger partial charge in [0.25, 0.3) is 0 Å². The highest BCUT2D eigenvalue weighted by molar-refractivity contribution is 9.10. The number of rotatable bonds is 0. The van der Waals surface area contributed by atoms with Crippen LogP contribution in [0.3, 0.4) is 0 Å². The molecule has 0 spiro atoms. The normalized spacial score (nSPS) is 12.3.